The highest BCUT2D eigenvalue weighted by Gasteiger charge is 2.12. The molecule has 0 fully saturated rings. The maximum absolute atomic E-state index is 12.1. The number of rotatable bonds is 9. The van der Waals surface area contributed by atoms with E-state index in [2.05, 4.69) is 16.0 Å². The van der Waals surface area contributed by atoms with Crippen LogP contribution >= 0.6 is 0 Å². The van der Waals surface area contributed by atoms with Crippen molar-refractivity contribution in [2.24, 2.45) is 0 Å². The lowest BCUT2D eigenvalue weighted by atomic mass is 10.0. The highest BCUT2D eigenvalue weighted by atomic mass is 16.5. The van der Waals surface area contributed by atoms with Gasteiger partial charge >= 0.3 is 12.0 Å². The summed E-state index contributed by atoms with van der Waals surface area (Å²) in [6.07, 6.45) is 0. The first kappa shape index (κ1) is 22.9. The third-order valence-corrected chi connectivity index (χ3v) is 4.37. The van der Waals surface area contributed by atoms with Gasteiger partial charge in [0.15, 0.2) is 6.61 Å². The molecule has 0 aliphatic heterocycles. The number of esters is 1. The lowest BCUT2D eigenvalue weighted by Gasteiger charge is -2.13. The van der Waals surface area contributed by atoms with E-state index >= 15 is 0 Å². The molecule has 0 aliphatic rings. The number of hydrogen-bond acceptors (Lipinski definition) is 4. The molecule has 0 aliphatic carbocycles. The van der Waals surface area contributed by atoms with Gasteiger partial charge in [0, 0.05) is 19.1 Å². The zero-order chi connectivity index (χ0) is 21.9. The number of hydrogen-bond donors (Lipinski definition) is 3. The minimum atomic E-state index is -0.571. The van der Waals surface area contributed by atoms with Crippen molar-refractivity contribution in [2.75, 3.05) is 13.2 Å². The number of amides is 3. The molecule has 0 heterocycles. The van der Waals surface area contributed by atoms with Crippen LogP contribution in [0.5, 0.6) is 0 Å². The van der Waals surface area contributed by atoms with E-state index < -0.39 is 5.97 Å². The van der Waals surface area contributed by atoms with E-state index in [9.17, 15) is 14.4 Å². The van der Waals surface area contributed by atoms with Gasteiger partial charge in [-0.15, -0.1) is 0 Å². The molecule has 7 heteroatoms. The predicted molar refractivity (Wildman–Crippen MR) is 115 cm³/mol. The number of urea groups is 1. The molecule has 0 unspecified atom stereocenters. The fraction of sp³-hybridized carbons (Fsp3) is 0.348. The van der Waals surface area contributed by atoms with Crippen LogP contribution in [-0.4, -0.2) is 37.1 Å². The molecule has 3 N–H and O–H groups in total. The van der Waals surface area contributed by atoms with Crippen LogP contribution in [-0.2, 0) is 16.1 Å². The van der Waals surface area contributed by atoms with E-state index in [0.717, 1.165) is 11.1 Å². The molecule has 3 amide bonds. The molecule has 0 saturated carbocycles. The van der Waals surface area contributed by atoms with E-state index in [0.29, 0.717) is 18.7 Å². The van der Waals surface area contributed by atoms with Crippen LogP contribution < -0.4 is 16.0 Å². The van der Waals surface area contributed by atoms with Crippen LogP contribution in [0.15, 0.2) is 54.6 Å². The second-order valence-electron chi connectivity index (χ2n) is 7.37. The first-order valence-corrected chi connectivity index (χ1v) is 9.97. The minimum Gasteiger partial charge on any atom is -0.452 e. The van der Waals surface area contributed by atoms with Crippen LogP contribution in [0.4, 0.5) is 4.79 Å². The summed E-state index contributed by atoms with van der Waals surface area (Å²) in [5, 5.41) is 8.24. The van der Waals surface area contributed by atoms with Gasteiger partial charge in [0.1, 0.15) is 0 Å². The van der Waals surface area contributed by atoms with Gasteiger partial charge < -0.3 is 20.7 Å². The largest absolute Gasteiger partial charge is 0.452 e. The zero-order valence-corrected chi connectivity index (χ0v) is 17.6. The predicted octanol–water partition coefficient (Wildman–Crippen LogP) is 2.97. The van der Waals surface area contributed by atoms with Gasteiger partial charge in [0.2, 0.25) is 0 Å². The van der Waals surface area contributed by atoms with E-state index in [1.807, 2.05) is 51.1 Å². The van der Waals surface area contributed by atoms with E-state index in [1.54, 1.807) is 24.3 Å². The maximum Gasteiger partial charge on any atom is 0.338 e. The third kappa shape index (κ3) is 7.95. The van der Waals surface area contributed by atoms with Gasteiger partial charge in [-0.3, -0.25) is 4.79 Å². The van der Waals surface area contributed by atoms with Crippen molar-refractivity contribution in [2.45, 2.75) is 39.3 Å². The molecule has 2 aromatic carbocycles. The summed E-state index contributed by atoms with van der Waals surface area (Å²) in [4.78, 5) is 35.7. The minimum absolute atomic E-state index is 0.0564. The lowest BCUT2D eigenvalue weighted by Crippen LogP contribution is -2.39. The first-order valence-electron chi connectivity index (χ1n) is 9.97. The molecule has 30 heavy (non-hydrogen) atoms. The summed E-state index contributed by atoms with van der Waals surface area (Å²) >= 11 is 0. The Labute approximate surface area is 177 Å². The normalized spacial score (nSPS) is 11.5. The standard InChI is InChI=1S/C23H29N3O4/c1-16(2)26-23(29)25-14-18-9-11-20(12-10-18)22(28)30-15-21(27)24-13-17(3)19-7-5-4-6-8-19/h4-12,16-17H,13-15H2,1-3H3,(H,24,27)(H2,25,26,29)/t17-/m0/s1. The molecule has 0 radical (unpaired) electrons. The first-order chi connectivity index (χ1) is 14.3. The van der Waals surface area contributed by atoms with E-state index in [4.69, 9.17) is 4.74 Å². The third-order valence-electron chi connectivity index (χ3n) is 4.37. The molecule has 7 nitrogen and oxygen atoms in total. The van der Waals surface area contributed by atoms with E-state index in [-0.39, 0.29) is 30.5 Å². The molecule has 0 spiro atoms. The Morgan fingerprint density at radius 3 is 2.20 bits per heavy atom. The fourth-order valence-electron chi connectivity index (χ4n) is 2.69. The molecular formula is C23H29N3O4. The van der Waals surface area contributed by atoms with Crippen LogP contribution in [0.25, 0.3) is 0 Å². The lowest BCUT2D eigenvalue weighted by molar-refractivity contribution is -0.124. The quantitative estimate of drug-likeness (QED) is 0.553. The van der Waals surface area contributed by atoms with Crippen LogP contribution in [0.3, 0.4) is 0 Å². The van der Waals surface area contributed by atoms with Crippen molar-refractivity contribution in [3.63, 3.8) is 0 Å². The van der Waals surface area contributed by atoms with Crippen molar-refractivity contribution in [1.82, 2.24) is 16.0 Å². The van der Waals surface area contributed by atoms with Gasteiger partial charge in [0.05, 0.1) is 5.56 Å². The molecule has 160 valence electrons. The summed E-state index contributed by atoms with van der Waals surface area (Å²) < 4.78 is 5.08. The molecule has 0 bridgehead atoms. The SMILES string of the molecule is CC(C)NC(=O)NCc1ccc(C(=O)OCC(=O)NC[C@H](C)c2ccccc2)cc1. The molecule has 0 aromatic heterocycles. The van der Waals surface area contributed by atoms with Gasteiger partial charge in [0.25, 0.3) is 5.91 Å². The number of benzene rings is 2. The average molecular weight is 412 g/mol. The maximum atomic E-state index is 12.1. The Kier molecular flexibility index (Phi) is 8.87. The Balaban J connectivity index is 1.72. The van der Waals surface area contributed by atoms with Gasteiger partial charge in [-0.1, -0.05) is 49.4 Å². The Morgan fingerprint density at radius 1 is 0.900 bits per heavy atom. The number of nitrogens with one attached hydrogen (secondary N) is 3. The van der Waals surface area contributed by atoms with Crippen molar-refractivity contribution >= 4 is 17.9 Å². The molecular weight excluding hydrogens is 382 g/mol. The van der Waals surface area contributed by atoms with Gasteiger partial charge in [-0.25, -0.2) is 9.59 Å². The number of carbonyl (C=O) groups excluding carboxylic acids is 3. The molecule has 2 aromatic rings. The highest BCUT2D eigenvalue weighted by molar-refractivity contribution is 5.91. The monoisotopic (exact) mass is 411 g/mol. The fourth-order valence-corrected chi connectivity index (χ4v) is 2.69. The van der Waals surface area contributed by atoms with E-state index in [1.165, 1.54) is 0 Å². The zero-order valence-electron chi connectivity index (χ0n) is 17.6. The van der Waals surface area contributed by atoms with Crippen LogP contribution in [0.1, 0.15) is 48.2 Å². The summed E-state index contributed by atoms with van der Waals surface area (Å²) in [6.45, 7) is 6.25. The average Bonchev–Trinajstić information content (AvgIpc) is 2.74. The second-order valence-corrected chi connectivity index (χ2v) is 7.37. The Bertz CT molecular complexity index is 835. The van der Waals surface area contributed by atoms with Crippen molar-refractivity contribution in [3.05, 3.63) is 71.3 Å². The highest BCUT2D eigenvalue weighted by Crippen LogP contribution is 2.13. The van der Waals surface area contributed by atoms with Crippen LogP contribution in [0.2, 0.25) is 0 Å². The molecule has 0 saturated heterocycles. The summed E-state index contributed by atoms with van der Waals surface area (Å²) in [5.74, 6) is -0.754. The summed E-state index contributed by atoms with van der Waals surface area (Å²) in [7, 11) is 0. The summed E-state index contributed by atoms with van der Waals surface area (Å²) in [6, 6.07) is 16.3. The van der Waals surface area contributed by atoms with Crippen molar-refractivity contribution in [3.8, 4) is 0 Å². The van der Waals surface area contributed by atoms with Gasteiger partial charge in [-0.05, 0) is 43.0 Å². The Morgan fingerprint density at radius 2 is 1.57 bits per heavy atom. The van der Waals surface area contributed by atoms with Crippen molar-refractivity contribution in [1.29, 1.82) is 0 Å². The summed E-state index contributed by atoms with van der Waals surface area (Å²) in [5.41, 5.74) is 2.32. The number of carbonyl (C=O) groups is 3. The Hall–Kier alpha value is -3.35. The van der Waals surface area contributed by atoms with Crippen molar-refractivity contribution < 1.29 is 19.1 Å². The second kappa shape index (κ2) is 11.6. The van der Waals surface area contributed by atoms with Gasteiger partial charge in [-0.2, -0.15) is 0 Å². The van der Waals surface area contributed by atoms with Crippen LogP contribution in [0, 0.1) is 0 Å². The topological polar surface area (TPSA) is 96.5 Å². The molecule has 1 atom stereocenters. The number of ether oxygens (including phenoxy) is 1. The molecule has 2 rings (SSSR count). The smallest absolute Gasteiger partial charge is 0.338 e.